The number of carbonyl (C=O) groups is 2. The second-order valence-corrected chi connectivity index (χ2v) is 6.02. The fourth-order valence-electron chi connectivity index (χ4n) is 2.72. The molecule has 1 atom stereocenters. The Morgan fingerprint density at radius 2 is 2.05 bits per heavy atom. The molecule has 0 unspecified atom stereocenters. The van der Waals surface area contributed by atoms with Gasteiger partial charge in [-0.1, -0.05) is 12.8 Å². The van der Waals surface area contributed by atoms with Crippen molar-refractivity contribution in [1.82, 2.24) is 4.90 Å². The number of ether oxygens (including phenoxy) is 1. The molecule has 0 bridgehead atoms. The average molecular weight is 299 g/mol. The number of nitrogens with zero attached hydrogens (tertiary/aromatic N) is 1. The van der Waals surface area contributed by atoms with Crippen LogP contribution in [0.1, 0.15) is 65.2 Å². The summed E-state index contributed by atoms with van der Waals surface area (Å²) >= 11 is 0. The first kappa shape index (κ1) is 18.0. The number of esters is 1. The first-order chi connectivity index (χ1) is 10.0. The van der Waals surface area contributed by atoms with Crippen molar-refractivity contribution in [3.63, 3.8) is 0 Å². The number of piperidine rings is 1. The summed E-state index contributed by atoms with van der Waals surface area (Å²) in [6.07, 6.45) is 6.57. The molecule has 0 aromatic carbocycles. The van der Waals surface area contributed by atoms with E-state index < -0.39 is 0 Å². The normalized spacial score (nSPS) is 19.1. The van der Waals surface area contributed by atoms with Gasteiger partial charge in [0.1, 0.15) is 0 Å². The zero-order valence-corrected chi connectivity index (χ0v) is 13.3. The van der Waals surface area contributed by atoms with E-state index in [1.807, 2.05) is 18.7 Å². The molecule has 1 aliphatic heterocycles. The number of rotatable bonds is 9. The largest absolute Gasteiger partial charge is 0.463 e. The van der Waals surface area contributed by atoms with Crippen molar-refractivity contribution < 1.29 is 19.4 Å². The molecule has 1 fully saturated rings. The highest BCUT2D eigenvalue weighted by molar-refractivity contribution is 5.77. The van der Waals surface area contributed by atoms with Gasteiger partial charge in [-0.2, -0.15) is 0 Å². The Morgan fingerprint density at radius 3 is 2.71 bits per heavy atom. The van der Waals surface area contributed by atoms with Gasteiger partial charge in [0.2, 0.25) is 5.91 Å². The van der Waals surface area contributed by atoms with Crippen molar-refractivity contribution in [2.75, 3.05) is 13.2 Å². The molecule has 1 N–H and O–H groups in total. The molecule has 1 amide bonds. The number of hydrogen-bond donors (Lipinski definition) is 1. The molecule has 0 spiro atoms. The fourth-order valence-corrected chi connectivity index (χ4v) is 2.72. The minimum atomic E-state index is -0.128. The van der Waals surface area contributed by atoms with Gasteiger partial charge < -0.3 is 14.7 Å². The SMILES string of the molecule is CC(C)OC(=O)CCCCCCN1C(=O)CCC[C@@H]1CO. The molecule has 5 nitrogen and oxygen atoms in total. The Hall–Kier alpha value is -1.10. The highest BCUT2D eigenvalue weighted by Gasteiger charge is 2.26. The summed E-state index contributed by atoms with van der Waals surface area (Å²) in [5, 5.41) is 9.31. The van der Waals surface area contributed by atoms with E-state index in [1.165, 1.54) is 0 Å². The Morgan fingerprint density at radius 1 is 1.33 bits per heavy atom. The molecular formula is C16H29NO4. The van der Waals surface area contributed by atoms with Gasteiger partial charge in [0.15, 0.2) is 0 Å². The monoisotopic (exact) mass is 299 g/mol. The van der Waals surface area contributed by atoms with E-state index in [1.54, 1.807) is 0 Å². The maximum absolute atomic E-state index is 11.8. The van der Waals surface area contributed by atoms with Crippen LogP contribution < -0.4 is 0 Å². The maximum Gasteiger partial charge on any atom is 0.306 e. The summed E-state index contributed by atoms with van der Waals surface area (Å²) in [7, 11) is 0. The zero-order chi connectivity index (χ0) is 15.7. The van der Waals surface area contributed by atoms with Gasteiger partial charge in [0.25, 0.3) is 0 Å². The summed E-state index contributed by atoms with van der Waals surface area (Å²) in [5.41, 5.74) is 0. The molecule has 0 saturated carbocycles. The Balaban J connectivity index is 2.10. The van der Waals surface area contributed by atoms with Crippen LogP contribution in [-0.4, -0.2) is 47.2 Å². The third-order valence-corrected chi connectivity index (χ3v) is 3.80. The van der Waals surface area contributed by atoms with E-state index in [2.05, 4.69) is 0 Å². The molecule has 122 valence electrons. The molecule has 0 radical (unpaired) electrons. The topological polar surface area (TPSA) is 66.8 Å². The van der Waals surface area contributed by atoms with E-state index in [0.29, 0.717) is 12.8 Å². The van der Waals surface area contributed by atoms with Gasteiger partial charge in [0.05, 0.1) is 18.8 Å². The number of hydrogen-bond acceptors (Lipinski definition) is 4. The average Bonchev–Trinajstić information content (AvgIpc) is 2.43. The number of aliphatic hydroxyl groups is 1. The first-order valence-corrected chi connectivity index (χ1v) is 8.14. The molecule has 5 heteroatoms. The van der Waals surface area contributed by atoms with Gasteiger partial charge in [-0.3, -0.25) is 9.59 Å². The third kappa shape index (κ3) is 6.93. The predicted molar refractivity (Wildman–Crippen MR) is 80.8 cm³/mol. The zero-order valence-electron chi connectivity index (χ0n) is 13.3. The van der Waals surface area contributed by atoms with Crippen LogP contribution in [0.5, 0.6) is 0 Å². The van der Waals surface area contributed by atoms with Crippen LogP contribution in [-0.2, 0) is 14.3 Å². The number of amides is 1. The van der Waals surface area contributed by atoms with Crippen molar-refractivity contribution in [3.05, 3.63) is 0 Å². The van der Waals surface area contributed by atoms with Crippen molar-refractivity contribution in [1.29, 1.82) is 0 Å². The first-order valence-electron chi connectivity index (χ1n) is 8.14. The molecular weight excluding hydrogens is 270 g/mol. The standard InChI is InChI=1S/C16H29NO4/c1-13(2)21-16(20)10-5-3-4-6-11-17-14(12-18)8-7-9-15(17)19/h13-14,18H,3-12H2,1-2H3/t14-/m1/s1. The lowest BCUT2D eigenvalue weighted by Gasteiger charge is -2.34. The van der Waals surface area contributed by atoms with E-state index >= 15 is 0 Å². The van der Waals surface area contributed by atoms with Crippen molar-refractivity contribution >= 4 is 11.9 Å². The molecule has 21 heavy (non-hydrogen) atoms. The minimum absolute atomic E-state index is 0.00673. The Bertz CT molecular complexity index is 330. The molecule has 1 saturated heterocycles. The second-order valence-electron chi connectivity index (χ2n) is 6.02. The molecule has 0 aliphatic carbocycles. The smallest absolute Gasteiger partial charge is 0.306 e. The summed E-state index contributed by atoms with van der Waals surface area (Å²) < 4.78 is 5.07. The molecule has 0 aromatic heterocycles. The minimum Gasteiger partial charge on any atom is -0.463 e. The molecule has 0 aromatic rings. The van der Waals surface area contributed by atoms with Crippen LogP contribution in [0.2, 0.25) is 0 Å². The Kier molecular flexibility index (Phi) is 8.35. The van der Waals surface area contributed by atoms with Crippen LogP contribution in [0, 0.1) is 0 Å². The summed E-state index contributed by atoms with van der Waals surface area (Å²) in [6.45, 7) is 4.49. The number of carbonyl (C=O) groups excluding carboxylic acids is 2. The van der Waals surface area contributed by atoms with E-state index in [4.69, 9.17) is 4.74 Å². The van der Waals surface area contributed by atoms with Crippen LogP contribution in [0.4, 0.5) is 0 Å². The van der Waals surface area contributed by atoms with Crippen LogP contribution in [0.3, 0.4) is 0 Å². The van der Waals surface area contributed by atoms with E-state index in [9.17, 15) is 14.7 Å². The summed E-state index contributed by atoms with van der Waals surface area (Å²) in [6, 6.07) is 0.00673. The molecule has 1 aliphatic rings. The number of likely N-dealkylation sites (tertiary alicyclic amines) is 1. The summed E-state index contributed by atoms with van der Waals surface area (Å²) in [5.74, 6) is 0.0392. The van der Waals surface area contributed by atoms with Crippen molar-refractivity contribution in [2.45, 2.75) is 77.4 Å². The highest BCUT2D eigenvalue weighted by atomic mass is 16.5. The lowest BCUT2D eigenvalue weighted by Crippen LogP contribution is -2.45. The fraction of sp³-hybridized carbons (Fsp3) is 0.875. The van der Waals surface area contributed by atoms with Gasteiger partial charge in [-0.25, -0.2) is 0 Å². The Labute approximate surface area is 127 Å². The van der Waals surface area contributed by atoms with Gasteiger partial charge in [0, 0.05) is 19.4 Å². The lowest BCUT2D eigenvalue weighted by atomic mass is 10.0. The highest BCUT2D eigenvalue weighted by Crippen LogP contribution is 2.18. The van der Waals surface area contributed by atoms with Crippen molar-refractivity contribution in [3.8, 4) is 0 Å². The van der Waals surface area contributed by atoms with Gasteiger partial charge >= 0.3 is 5.97 Å². The predicted octanol–water partition coefficient (Wildman–Crippen LogP) is 2.26. The van der Waals surface area contributed by atoms with Crippen LogP contribution >= 0.6 is 0 Å². The summed E-state index contributed by atoms with van der Waals surface area (Å²) in [4.78, 5) is 25.0. The maximum atomic E-state index is 11.8. The quantitative estimate of drug-likeness (QED) is 0.524. The lowest BCUT2D eigenvalue weighted by molar-refractivity contribution is -0.147. The third-order valence-electron chi connectivity index (χ3n) is 3.80. The van der Waals surface area contributed by atoms with Crippen molar-refractivity contribution in [2.24, 2.45) is 0 Å². The van der Waals surface area contributed by atoms with E-state index in [0.717, 1.165) is 45.1 Å². The molecule has 1 heterocycles. The molecule has 1 rings (SSSR count). The van der Waals surface area contributed by atoms with Crippen LogP contribution in [0.25, 0.3) is 0 Å². The van der Waals surface area contributed by atoms with E-state index in [-0.39, 0.29) is 30.6 Å². The second kappa shape index (κ2) is 9.77. The van der Waals surface area contributed by atoms with Crippen LogP contribution in [0.15, 0.2) is 0 Å². The van der Waals surface area contributed by atoms with Gasteiger partial charge in [-0.15, -0.1) is 0 Å². The van der Waals surface area contributed by atoms with Gasteiger partial charge in [-0.05, 0) is 39.5 Å². The number of aliphatic hydroxyl groups excluding tert-OH is 1. The number of unbranched alkanes of at least 4 members (excludes halogenated alkanes) is 3.